The van der Waals surface area contributed by atoms with Crippen molar-refractivity contribution >= 4 is 39.1 Å². The number of rotatable bonds is 7. The molecule has 44 heavy (non-hydrogen) atoms. The van der Waals surface area contributed by atoms with E-state index in [1.165, 1.54) is 0 Å². The summed E-state index contributed by atoms with van der Waals surface area (Å²) in [6, 6.07) is 37.0. The van der Waals surface area contributed by atoms with E-state index in [2.05, 4.69) is 64.1 Å². The molecule has 1 unspecified atom stereocenters. The Balaban J connectivity index is 0.000000584. The zero-order valence-electron chi connectivity index (χ0n) is 24.0. The molecule has 224 valence electrons. The van der Waals surface area contributed by atoms with Gasteiger partial charge in [-0.15, -0.1) is 0 Å². The molecule has 1 aliphatic heterocycles. The van der Waals surface area contributed by atoms with E-state index in [-0.39, 0.29) is 17.3 Å². The highest BCUT2D eigenvalue weighted by Crippen LogP contribution is 2.34. The number of benzene rings is 4. The number of carbonyl (C=O) groups excluding carboxylic acids is 2. The summed E-state index contributed by atoms with van der Waals surface area (Å²) in [4.78, 5) is 25.7. The fraction of sp³-hybridized carbons (Fsp3) is 0.147. The van der Waals surface area contributed by atoms with Crippen LogP contribution in [0.3, 0.4) is 0 Å². The van der Waals surface area contributed by atoms with Crippen LogP contribution in [0.4, 0.5) is 10.5 Å². The summed E-state index contributed by atoms with van der Waals surface area (Å²) in [7, 11) is -3.78. The van der Waals surface area contributed by atoms with E-state index in [1.807, 2.05) is 54.6 Å². The summed E-state index contributed by atoms with van der Waals surface area (Å²) in [5.41, 5.74) is 9.49. The van der Waals surface area contributed by atoms with Gasteiger partial charge in [0.2, 0.25) is 16.4 Å². The van der Waals surface area contributed by atoms with Gasteiger partial charge in [-0.3, -0.25) is 15.1 Å². The standard InChI is InChI=1S/C32H29N3O2S.C2H4N2O2/c36-38(37,31-19-9-15-27-16-10-20-33-32(27)31)35-22-21-34(24-28(35)23-25-11-3-1-4-12-25)30-18-8-7-17-29(30)26-13-5-2-6-14-26;3-2(6)4-1-5/h1-20,28H,21-24H2;1H,(H3,3,4,5,6). The average molecular weight is 608 g/mol. The maximum atomic E-state index is 14.2. The average Bonchev–Trinajstić information content (AvgIpc) is 3.05. The second kappa shape index (κ2) is 13.9. The van der Waals surface area contributed by atoms with E-state index in [1.54, 1.807) is 28.0 Å². The van der Waals surface area contributed by atoms with Crippen LogP contribution >= 0.6 is 0 Å². The number of imide groups is 1. The van der Waals surface area contributed by atoms with Crippen LogP contribution in [0.25, 0.3) is 22.0 Å². The lowest BCUT2D eigenvalue weighted by Gasteiger charge is -2.42. The third-order valence-corrected chi connectivity index (χ3v) is 9.44. The minimum Gasteiger partial charge on any atom is -0.368 e. The van der Waals surface area contributed by atoms with Gasteiger partial charge < -0.3 is 10.6 Å². The Hall–Kier alpha value is -5.06. The van der Waals surface area contributed by atoms with Crippen molar-refractivity contribution in [3.63, 3.8) is 0 Å². The monoisotopic (exact) mass is 607 g/mol. The maximum absolute atomic E-state index is 14.2. The molecule has 1 aliphatic rings. The van der Waals surface area contributed by atoms with E-state index in [0.29, 0.717) is 31.6 Å². The van der Waals surface area contributed by atoms with Gasteiger partial charge in [-0.25, -0.2) is 13.2 Å². The molecular weight excluding hydrogens is 574 g/mol. The third kappa shape index (κ3) is 6.94. The lowest BCUT2D eigenvalue weighted by molar-refractivity contribution is -0.108. The van der Waals surface area contributed by atoms with Gasteiger partial charge in [-0.2, -0.15) is 4.31 Å². The maximum Gasteiger partial charge on any atom is 0.318 e. The number of nitrogens with one attached hydrogen (secondary N) is 1. The highest BCUT2D eigenvalue weighted by molar-refractivity contribution is 7.89. The minimum absolute atomic E-state index is 0.225. The van der Waals surface area contributed by atoms with E-state index in [4.69, 9.17) is 0 Å². The number of carbonyl (C=O) groups is 2. The second-order valence-electron chi connectivity index (χ2n) is 10.2. The molecule has 0 bridgehead atoms. The topological polar surface area (TPSA) is 126 Å². The molecule has 0 spiro atoms. The lowest BCUT2D eigenvalue weighted by atomic mass is 10.00. The van der Waals surface area contributed by atoms with Crippen molar-refractivity contribution in [1.29, 1.82) is 0 Å². The van der Waals surface area contributed by atoms with Crippen molar-refractivity contribution in [2.45, 2.75) is 17.4 Å². The smallest absolute Gasteiger partial charge is 0.318 e. The fourth-order valence-corrected chi connectivity index (χ4v) is 7.28. The number of aromatic nitrogens is 1. The van der Waals surface area contributed by atoms with Crippen LogP contribution in [0.15, 0.2) is 126 Å². The van der Waals surface area contributed by atoms with Gasteiger partial charge >= 0.3 is 6.03 Å². The number of urea groups is 1. The Kier molecular flexibility index (Phi) is 9.63. The van der Waals surface area contributed by atoms with Crippen LogP contribution in [0.5, 0.6) is 0 Å². The number of primary amides is 1. The van der Waals surface area contributed by atoms with Crippen LogP contribution in [0.2, 0.25) is 0 Å². The van der Waals surface area contributed by atoms with Gasteiger partial charge in [0.25, 0.3) is 0 Å². The second-order valence-corrected chi connectivity index (χ2v) is 12.1. The molecule has 3 amide bonds. The van der Waals surface area contributed by atoms with Crippen molar-refractivity contribution in [2.75, 3.05) is 24.5 Å². The van der Waals surface area contributed by atoms with Crippen LogP contribution in [-0.4, -0.2) is 55.8 Å². The first-order chi connectivity index (χ1) is 21.4. The Labute approximate surface area is 257 Å². The number of hydrogen-bond donors (Lipinski definition) is 2. The van der Waals surface area contributed by atoms with E-state index in [0.717, 1.165) is 27.8 Å². The Morgan fingerprint density at radius 1 is 0.864 bits per heavy atom. The molecule has 1 fully saturated rings. The van der Waals surface area contributed by atoms with Crippen LogP contribution < -0.4 is 16.0 Å². The first-order valence-electron chi connectivity index (χ1n) is 14.2. The molecule has 1 saturated heterocycles. The SMILES string of the molecule is NC(=O)NC=O.O=S(=O)(c1cccc2cccnc12)N1CCN(c2ccccc2-c2ccccc2)CC1Cc1ccccc1. The third-order valence-electron chi connectivity index (χ3n) is 7.46. The number of piperazine rings is 1. The molecular formula is C34H33N5O4S. The minimum atomic E-state index is -3.78. The van der Waals surface area contributed by atoms with Gasteiger partial charge in [0.15, 0.2) is 0 Å². The molecule has 1 aromatic heterocycles. The molecule has 0 radical (unpaired) electrons. The number of sulfonamides is 1. The van der Waals surface area contributed by atoms with Crippen molar-refractivity contribution in [1.82, 2.24) is 14.6 Å². The molecule has 6 rings (SSSR count). The summed E-state index contributed by atoms with van der Waals surface area (Å²) in [5.74, 6) is 0. The molecule has 0 aliphatic carbocycles. The first kappa shape index (κ1) is 30.4. The predicted octanol–water partition coefficient (Wildman–Crippen LogP) is 4.84. The Bertz CT molecular complexity index is 1830. The molecule has 9 nitrogen and oxygen atoms in total. The number of hydrogen-bond acceptors (Lipinski definition) is 6. The predicted molar refractivity (Wildman–Crippen MR) is 172 cm³/mol. The fourth-order valence-electron chi connectivity index (χ4n) is 5.51. The molecule has 10 heteroatoms. The van der Waals surface area contributed by atoms with Gasteiger partial charge in [0, 0.05) is 48.5 Å². The zero-order valence-corrected chi connectivity index (χ0v) is 24.8. The van der Waals surface area contributed by atoms with Gasteiger partial charge in [0.1, 0.15) is 4.90 Å². The summed E-state index contributed by atoms with van der Waals surface area (Å²) in [6.45, 7) is 1.59. The molecule has 0 saturated carbocycles. The summed E-state index contributed by atoms with van der Waals surface area (Å²) < 4.78 is 30.1. The van der Waals surface area contributed by atoms with E-state index < -0.39 is 16.1 Å². The number of amides is 3. The Morgan fingerprint density at radius 2 is 1.55 bits per heavy atom. The van der Waals surface area contributed by atoms with Gasteiger partial charge in [0.05, 0.1) is 5.52 Å². The first-order valence-corrected chi connectivity index (χ1v) is 15.6. The van der Waals surface area contributed by atoms with Crippen molar-refractivity contribution in [3.8, 4) is 11.1 Å². The summed E-state index contributed by atoms with van der Waals surface area (Å²) >= 11 is 0. The van der Waals surface area contributed by atoms with Crippen molar-refractivity contribution in [3.05, 3.63) is 127 Å². The van der Waals surface area contributed by atoms with Gasteiger partial charge in [-0.1, -0.05) is 97.1 Å². The van der Waals surface area contributed by atoms with E-state index in [9.17, 15) is 18.0 Å². The number of nitrogens with zero attached hydrogens (tertiary/aromatic N) is 3. The summed E-state index contributed by atoms with van der Waals surface area (Å²) in [5, 5.41) is 2.49. The number of nitrogens with two attached hydrogens (primary N) is 1. The molecule has 5 aromatic rings. The summed E-state index contributed by atoms with van der Waals surface area (Å²) in [6.07, 6.45) is 2.51. The molecule has 4 aromatic carbocycles. The molecule has 3 N–H and O–H groups in total. The zero-order chi connectivity index (χ0) is 30.9. The quantitative estimate of drug-likeness (QED) is 0.255. The lowest BCUT2D eigenvalue weighted by Crippen LogP contribution is -2.56. The molecule has 1 atom stereocenters. The van der Waals surface area contributed by atoms with Crippen molar-refractivity contribution < 1.29 is 18.0 Å². The van der Waals surface area contributed by atoms with Crippen LogP contribution in [0.1, 0.15) is 5.56 Å². The van der Waals surface area contributed by atoms with Crippen LogP contribution in [-0.2, 0) is 21.2 Å². The van der Waals surface area contributed by atoms with Gasteiger partial charge in [-0.05, 0) is 35.7 Å². The largest absolute Gasteiger partial charge is 0.368 e. The highest BCUT2D eigenvalue weighted by Gasteiger charge is 2.37. The highest BCUT2D eigenvalue weighted by atomic mass is 32.2. The number of fused-ring (bicyclic) bond motifs is 1. The number of pyridine rings is 1. The Morgan fingerprint density at radius 3 is 2.25 bits per heavy atom. The van der Waals surface area contributed by atoms with Crippen LogP contribution in [0, 0.1) is 0 Å². The number of anilines is 1. The normalized spacial score (nSPS) is 15.2. The number of para-hydroxylation sites is 2. The molecule has 2 heterocycles. The van der Waals surface area contributed by atoms with Crippen molar-refractivity contribution in [2.24, 2.45) is 5.73 Å². The van der Waals surface area contributed by atoms with E-state index >= 15 is 0 Å².